The second-order valence-electron chi connectivity index (χ2n) is 10.2. The molecule has 1 aromatic rings. The monoisotopic (exact) mass is 386 g/mol. The first-order valence-corrected chi connectivity index (χ1v) is 10.9. The topological polar surface area (TPSA) is 52.6 Å². The number of urea groups is 1. The van der Waals surface area contributed by atoms with E-state index in [1.807, 2.05) is 11.8 Å². The molecule has 28 heavy (non-hydrogen) atoms. The minimum Gasteiger partial charge on any atom is -0.385 e. The second-order valence-corrected chi connectivity index (χ2v) is 10.2. The van der Waals surface area contributed by atoms with E-state index in [0.717, 1.165) is 42.6 Å². The summed E-state index contributed by atoms with van der Waals surface area (Å²) in [6, 6.07) is 6.15. The fourth-order valence-electron chi connectivity index (χ4n) is 7.05. The number of nitrogens with one attached hydrogen (secondary N) is 1. The lowest BCUT2D eigenvalue weighted by Crippen LogP contribution is -2.63. The number of aliphatic hydroxyl groups is 1. The molecular formula is C23H31FN2O2. The van der Waals surface area contributed by atoms with Crippen LogP contribution in [0.15, 0.2) is 24.3 Å². The van der Waals surface area contributed by atoms with E-state index in [1.165, 1.54) is 31.4 Å². The van der Waals surface area contributed by atoms with Crippen LogP contribution in [-0.2, 0) is 5.60 Å². The number of rotatable bonds is 2. The number of likely N-dealkylation sites (tertiary alicyclic amines) is 1. The van der Waals surface area contributed by atoms with Crippen molar-refractivity contribution in [2.24, 2.45) is 23.7 Å². The second kappa shape index (κ2) is 6.45. The number of nitrogens with zero attached hydrogens (tertiary/aromatic N) is 1. The third-order valence-corrected chi connectivity index (χ3v) is 8.11. The molecule has 5 fully saturated rings. The predicted molar refractivity (Wildman–Crippen MR) is 105 cm³/mol. The van der Waals surface area contributed by atoms with Crippen LogP contribution in [0.4, 0.5) is 9.18 Å². The van der Waals surface area contributed by atoms with Gasteiger partial charge in [-0.05, 0) is 80.4 Å². The first-order chi connectivity index (χ1) is 13.4. The maximum atomic E-state index is 13.3. The van der Waals surface area contributed by atoms with E-state index in [1.54, 1.807) is 12.1 Å². The predicted octanol–water partition coefficient (Wildman–Crippen LogP) is 4.03. The van der Waals surface area contributed by atoms with Gasteiger partial charge in [0.05, 0.1) is 5.60 Å². The summed E-state index contributed by atoms with van der Waals surface area (Å²) in [6.45, 7) is 3.02. The van der Waals surface area contributed by atoms with Crippen LogP contribution in [0.2, 0.25) is 0 Å². The highest BCUT2D eigenvalue weighted by atomic mass is 19.1. The van der Waals surface area contributed by atoms with E-state index in [-0.39, 0.29) is 23.3 Å². The van der Waals surface area contributed by atoms with Crippen molar-refractivity contribution in [1.29, 1.82) is 0 Å². The summed E-state index contributed by atoms with van der Waals surface area (Å²) in [6.07, 6.45) is 8.00. The molecule has 4 aliphatic carbocycles. The van der Waals surface area contributed by atoms with Gasteiger partial charge in [-0.15, -0.1) is 0 Å². The summed E-state index contributed by atoms with van der Waals surface area (Å²) in [4.78, 5) is 15.0. The highest BCUT2D eigenvalue weighted by molar-refractivity contribution is 5.75. The van der Waals surface area contributed by atoms with Crippen LogP contribution in [0, 0.1) is 29.5 Å². The summed E-state index contributed by atoms with van der Waals surface area (Å²) in [5, 5.41) is 14.7. The number of hydrogen-bond acceptors (Lipinski definition) is 2. The van der Waals surface area contributed by atoms with Crippen LogP contribution in [0.5, 0.6) is 0 Å². The first-order valence-electron chi connectivity index (χ1n) is 10.9. The quantitative estimate of drug-likeness (QED) is 0.806. The Labute approximate surface area is 166 Å². The number of halogens is 1. The van der Waals surface area contributed by atoms with Crippen molar-refractivity contribution >= 4 is 6.03 Å². The van der Waals surface area contributed by atoms with Crippen LogP contribution < -0.4 is 5.32 Å². The number of carbonyl (C=O) groups excluding carboxylic acids is 1. The van der Waals surface area contributed by atoms with Gasteiger partial charge in [0, 0.05) is 24.5 Å². The van der Waals surface area contributed by atoms with Crippen molar-refractivity contribution in [3.63, 3.8) is 0 Å². The average molecular weight is 387 g/mol. The molecule has 6 rings (SSSR count). The lowest BCUT2D eigenvalue weighted by Gasteiger charge is -2.57. The molecule has 2 amide bonds. The SMILES string of the molecule is CC1CN(C(=O)NC23CC4CC(CC(C4)C2)C3)CCC1(O)c1ccc(F)cc1. The molecule has 152 valence electrons. The highest BCUT2D eigenvalue weighted by Crippen LogP contribution is 2.55. The van der Waals surface area contributed by atoms with Gasteiger partial charge in [0.1, 0.15) is 5.82 Å². The van der Waals surface area contributed by atoms with Gasteiger partial charge in [0.15, 0.2) is 0 Å². The number of piperidine rings is 1. The molecule has 4 bridgehead atoms. The molecular weight excluding hydrogens is 355 g/mol. The van der Waals surface area contributed by atoms with Crippen molar-refractivity contribution in [3.05, 3.63) is 35.6 Å². The van der Waals surface area contributed by atoms with Gasteiger partial charge < -0.3 is 15.3 Å². The van der Waals surface area contributed by atoms with E-state index in [9.17, 15) is 14.3 Å². The molecule has 0 spiro atoms. The zero-order chi connectivity index (χ0) is 19.5. The first kappa shape index (κ1) is 18.4. The van der Waals surface area contributed by atoms with E-state index in [2.05, 4.69) is 5.32 Å². The van der Waals surface area contributed by atoms with Crippen LogP contribution in [-0.4, -0.2) is 34.7 Å². The fraction of sp³-hybridized carbons (Fsp3) is 0.696. The van der Waals surface area contributed by atoms with Crippen molar-refractivity contribution in [3.8, 4) is 0 Å². The van der Waals surface area contributed by atoms with Crippen molar-refractivity contribution in [2.45, 2.75) is 63.0 Å². The molecule has 5 heteroatoms. The molecule has 1 heterocycles. The molecule has 5 aliphatic rings. The molecule has 1 aromatic carbocycles. The summed E-state index contributed by atoms with van der Waals surface area (Å²) in [5.41, 5.74) is -0.257. The van der Waals surface area contributed by atoms with Crippen LogP contribution in [0.3, 0.4) is 0 Å². The summed E-state index contributed by atoms with van der Waals surface area (Å²) in [5.74, 6) is 2.00. The average Bonchev–Trinajstić information content (AvgIpc) is 2.63. The summed E-state index contributed by atoms with van der Waals surface area (Å²) < 4.78 is 13.3. The van der Waals surface area contributed by atoms with E-state index in [0.29, 0.717) is 19.5 Å². The number of carbonyl (C=O) groups is 1. The van der Waals surface area contributed by atoms with E-state index < -0.39 is 5.60 Å². The zero-order valence-corrected chi connectivity index (χ0v) is 16.7. The lowest BCUT2D eigenvalue weighted by molar-refractivity contribution is -0.0644. The lowest BCUT2D eigenvalue weighted by atomic mass is 9.53. The normalized spacial score (nSPS) is 41.9. The molecule has 2 N–H and O–H groups in total. The third-order valence-electron chi connectivity index (χ3n) is 8.11. The Hall–Kier alpha value is -1.62. The van der Waals surface area contributed by atoms with Crippen molar-refractivity contribution in [2.75, 3.05) is 13.1 Å². The zero-order valence-electron chi connectivity index (χ0n) is 16.7. The number of benzene rings is 1. The van der Waals surface area contributed by atoms with E-state index in [4.69, 9.17) is 0 Å². The summed E-state index contributed by atoms with van der Waals surface area (Å²) >= 11 is 0. The Morgan fingerprint density at radius 3 is 2.21 bits per heavy atom. The van der Waals surface area contributed by atoms with Gasteiger partial charge >= 0.3 is 6.03 Å². The standard InChI is InChI=1S/C23H31FN2O2/c1-15-14-26(7-6-23(15,28)19-2-4-20(24)5-3-19)21(27)25-22-11-16-8-17(12-22)10-18(9-16)13-22/h2-5,15-18,28H,6-14H2,1H3,(H,25,27). The Kier molecular flexibility index (Phi) is 4.24. The summed E-state index contributed by atoms with van der Waals surface area (Å²) in [7, 11) is 0. The van der Waals surface area contributed by atoms with Crippen molar-refractivity contribution < 1.29 is 14.3 Å². The smallest absolute Gasteiger partial charge is 0.317 e. The molecule has 2 atom stereocenters. The number of hydrogen-bond donors (Lipinski definition) is 2. The van der Waals surface area contributed by atoms with Gasteiger partial charge in [-0.1, -0.05) is 19.1 Å². The van der Waals surface area contributed by atoms with Gasteiger partial charge in [-0.3, -0.25) is 0 Å². The number of amides is 2. The van der Waals surface area contributed by atoms with Gasteiger partial charge in [-0.25, -0.2) is 9.18 Å². The fourth-order valence-corrected chi connectivity index (χ4v) is 7.05. The van der Waals surface area contributed by atoms with Crippen molar-refractivity contribution in [1.82, 2.24) is 10.2 Å². The van der Waals surface area contributed by atoms with Crippen LogP contribution in [0.1, 0.15) is 57.4 Å². The van der Waals surface area contributed by atoms with Crippen LogP contribution in [0.25, 0.3) is 0 Å². The molecule has 1 aliphatic heterocycles. The molecule has 0 aromatic heterocycles. The maximum absolute atomic E-state index is 13.3. The van der Waals surface area contributed by atoms with Gasteiger partial charge in [0.25, 0.3) is 0 Å². The van der Waals surface area contributed by atoms with Crippen LogP contribution >= 0.6 is 0 Å². The molecule has 2 unspecified atom stereocenters. The minimum absolute atomic E-state index is 0.0137. The molecule has 4 nitrogen and oxygen atoms in total. The maximum Gasteiger partial charge on any atom is 0.317 e. The minimum atomic E-state index is -1.01. The Balaban J connectivity index is 1.26. The van der Waals surface area contributed by atoms with Gasteiger partial charge in [0.2, 0.25) is 0 Å². The molecule has 1 saturated heterocycles. The third kappa shape index (κ3) is 3.02. The Morgan fingerprint density at radius 1 is 1.11 bits per heavy atom. The Morgan fingerprint density at radius 2 is 1.68 bits per heavy atom. The molecule has 4 saturated carbocycles. The Bertz CT molecular complexity index is 729. The highest BCUT2D eigenvalue weighted by Gasteiger charge is 2.52. The molecule has 0 radical (unpaired) electrons. The van der Waals surface area contributed by atoms with Gasteiger partial charge in [-0.2, -0.15) is 0 Å². The van der Waals surface area contributed by atoms with E-state index >= 15 is 0 Å². The largest absolute Gasteiger partial charge is 0.385 e.